The van der Waals surface area contributed by atoms with Gasteiger partial charge in [-0.3, -0.25) is 4.40 Å². The van der Waals surface area contributed by atoms with E-state index in [4.69, 9.17) is 5.21 Å². The fourth-order valence-electron chi connectivity index (χ4n) is 1.11. The number of pyridine rings is 1. The summed E-state index contributed by atoms with van der Waals surface area (Å²) in [5, 5.41) is 11.3. The van der Waals surface area contributed by atoms with Crippen LogP contribution >= 0.6 is 0 Å². The van der Waals surface area contributed by atoms with E-state index in [0.717, 1.165) is 11.3 Å². The average Bonchev–Trinajstić information content (AvgIpc) is 2.50. The highest BCUT2D eigenvalue weighted by Crippen LogP contribution is 2.02. The Bertz CT molecular complexity index is 419. The van der Waals surface area contributed by atoms with Gasteiger partial charge in [0.1, 0.15) is 5.65 Å². The van der Waals surface area contributed by atoms with Crippen LogP contribution in [0.5, 0.6) is 0 Å². The van der Waals surface area contributed by atoms with Crippen LogP contribution in [0.1, 0.15) is 5.69 Å². The number of fused-ring (bicyclic) bond motifs is 1. The molecule has 0 atom stereocenters. The molecular weight excluding hydrogens is 154 g/mol. The standard InChI is InChI=1S/C8H7N3O/c12-10-6-7-5-9-8-3-1-2-4-11(7)8/h1-6,12H/b10-6-. The minimum absolute atomic E-state index is 0.758. The minimum atomic E-state index is 0.758. The van der Waals surface area contributed by atoms with Crippen molar-refractivity contribution in [1.82, 2.24) is 9.38 Å². The zero-order valence-electron chi connectivity index (χ0n) is 6.25. The van der Waals surface area contributed by atoms with Gasteiger partial charge in [-0.1, -0.05) is 11.2 Å². The van der Waals surface area contributed by atoms with Crippen molar-refractivity contribution in [2.45, 2.75) is 0 Å². The van der Waals surface area contributed by atoms with E-state index in [1.807, 2.05) is 28.8 Å². The summed E-state index contributed by atoms with van der Waals surface area (Å²) in [5.74, 6) is 0. The number of oxime groups is 1. The lowest BCUT2D eigenvalue weighted by atomic mass is 10.4. The average molecular weight is 161 g/mol. The lowest BCUT2D eigenvalue weighted by molar-refractivity contribution is 0.321. The maximum absolute atomic E-state index is 8.33. The second-order valence-electron chi connectivity index (χ2n) is 2.36. The fourth-order valence-corrected chi connectivity index (χ4v) is 1.11. The molecule has 0 spiro atoms. The third-order valence-electron chi connectivity index (χ3n) is 1.64. The third kappa shape index (κ3) is 0.934. The molecule has 0 aliphatic heterocycles. The number of rotatable bonds is 1. The Hall–Kier alpha value is -1.84. The van der Waals surface area contributed by atoms with Crippen molar-refractivity contribution in [1.29, 1.82) is 0 Å². The Kier molecular flexibility index (Phi) is 1.51. The first kappa shape index (κ1) is 6.84. The highest BCUT2D eigenvalue weighted by Gasteiger charge is 1.97. The molecule has 0 aliphatic carbocycles. The Balaban J connectivity index is 2.70. The molecule has 0 fully saturated rings. The van der Waals surface area contributed by atoms with Gasteiger partial charge in [-0.05, 0) is 12.1 Å². The highest BCUT2D eigenvalue weighted by molar-refractivity contribution is 5.78. The van der Waals surface area contributed by atoms with Gasteiger partial charge in [0.05, 0.1) is 18.1 Å². The van der Waals surface area contributed by atoms with E-state index in [1.165, 1.54) is 6.21 Å². The van der Waals surface area contributed by atoms with Crippen molar-refractivity contribution >= 4 is 11.9 Å². The number of hydrogen-bond donors (Lipinski definition) is 1. The molecule has 4 heteroatoms. The maximum atomic E-state index is 8.33. The van der Waals surface area contributed by atoms with E-state index in [9.17, 15) is 0 Å². The molecule has 0 amide bonds. The molecule has 4 nitrogen and oxygen atoms in total. The predicted molar refractivity (Wildman–Crippen MR) is 44.6 cm³/mol. The highest BCUT2D eigenvalue weighted by atomic mass is 16.4. The lowest BCUT2D eigenvalue weighted by Gasteiger charge is -1.92. The monoisotopic (exact) mass is 161 g/mol. The van der Waals surface area contributed by atoms with Crippen LogP contribution < -0.4 is 0 Å². The van der Waals surface area contributed by atoms with Gasteiger partial charge in [0.2, 0.25) is 0 Å². The van der Waals surface area contributed by atoms with E-state index in [1.54, 1.807) is 6.20 Å². The van der Waals surface area contributed by atoms with Gasteiger partial charge < -0.3 is 5.21 Å². The molecule has 0 saturated heterocycles. The first-order valence-electron chi connectivity index (χ1n) is 3.51. The van der Waals surface area contributed by atoms with Gasteiger partial charge in [0.15, 0.2) is 0 Å². The summed E-state index contributed by atoms with van der Waals surface area (Å²) < 4.78 is 1.83. The molecule has 0 aliphatic rings. The molecule has 0 saturated carbocycles. The van der Waals surface area contributed by atoms with Crippen LogP contribution in [0, 0.1) is 0 Å². The molecule has 0 aromatic carbocycles. The van der Waals surface area contributed by atoms with Gasteiger partial charge in [-0.2, -0.15) is 0 Å². The van der Waals surface area contributed by atoms with E-state index < -0.39 is 0 Å². The molecule has 0 bridgehead atoms. The van der Waals surface area contributed by atoms with Crippen LogP contribution in [0.25, 0.3) is 5.65 Å². The topological polar surface area (TPSA) is 49.9 Å². The Morgan fingerprint density at radius 1 is 1.50 bits per heavy atom. The van der Waals surface area contributed by atoms with Crippen molar-refractivity contribution in [3.8, 4) is 0 Å². The first-order chi connectivity index (χ1) is 5.92. The van der Waals surface area contributed by atoms with Crippen molar-refractivity contribution in [3.05, 3.63) is 36.3 Å². The van der Waals surface area contributed by atoms with Gasteiger partial charge in [0, 0.05) is 6.20 Å². The number of hydrogen-bond acceptors (Lipinski definition) is 3. The molecular formula is C8H7N3O. The van der Waals surface area contributed by atoms with Gasteiger partial charge in [-0.25, -0.2) is 4.98 Å². The molecule has 2 aromatic heterocycles. The molecule has 2 heterocycles. The van der Waals surface area contributed by atoms with E-state index in [0.29, 0.717) is 0 Å². The largest absolute Gasteiger partial charge is 0.411 e. The lowest BCUT2D eigenvalue weighted by Crippen LogP contribution is -1.89. The summed E-state index contributed by atoms with van der Waals surface area (Å²) in [6.45, 7) is 0. The smallest absolute Gasteiger partial charge is 0.137 e. The zero-order chi connectivity index (χ0) is 8.39. The van der Waals surface area contributed by atoms with E-state index in [-0.39, 0.29) is 0 Å². The van der Waals surface area contributed by atoms with Crippen LogP contribution in [0.3, 0.4) is 0 Å². The van der Waals surface area contributed by atoms with Crippen LogP contribution in [-0.2, 0) is 0 Å². The summed E-state index contributed by atoms with van der Waals surface area (Å²) in [7, 11) is 0. The second kappa shape index (κ2) is 2.65. The van der Waals surface area contributed by atoms with Gasteiger partial charge in [-0.15, -0.1) is 0 Å². The molecule has 0 radical (unpaired) electrons. The predicted octanol–water partition coefficient (Wildman–Crippen LogP) is 1.14. The maximum Gasteiger partial charge on any atom is 0.137 e. The number of aromatic nitrogens is 2. The zero-order valence-corrected chi connectivity index (χ0v) is 6.25. The minimum Gasteiger partial charge on any atom is -0.411 e. The van der Waals surface area contributed by atoms with Crippen LogP contribution in [-0.4, -0.2) is 20.8 Å². The fraction of sp³-hybridized carbons (Fsp3) is 0. The van der Waals surface area contributed by atoms with Gasteiger partial charge >= 0.3 is 0 Å². The van der Waals surface area contributed by atoms with Crippen molar-refractivity contribution in [2.75, 3.05) is 0 Å². The van der Waals surface area contributed by atoms with Crippen LogP contribution in [0.4, 0.5) is 0 Å². The van der Waals surface area contributed by atoms with E-state index >= 15 is 0 Å². The van der Waals surface area contributed by atoms with Crippen molar-refractivity contribution in [3.63, 3.8) is 0 Å². The summed E-state index contributed by atoms with van der Waals surface area (Å²) in [6, 6.07) is 5.68. The molecule has 60 valence electrons. The Labute approximate surface area is 68.8 Å². The quantitative estimate of drug-likeness (QED) is 0.387. The molecule has 1 N–H and O–H groups in total. The third-order valence-corrected chi connectivity index (χ3v) is 1.64. The van der Waals surface area contributed by atoms with Crippen LogP contribution in [0.15, 0.2) is 35.7 Å². The van der Waals surface area contributed by atoms with Crippen LogP contribution in [0.2, 0.25) is 0 Å². The normalized spacial score (nSPS) is 11.3. The molecule has 12 heavy (non-hydrogen) atoms. The summed E-state index contributed by atoms with van der Waals surface area (Å²) in [4.78, 5) is 4.10. The van der Waals surface area contributed by atoms with Crippen molar-refractivity contribution < 1.29 is 5.21 Å². The first-order valence-corrected chi connectivity index (χ1v) is 3.51. The second-order valence-corrected chi connectivity index (χ2v) is 2.36. The SMILES string of the molecule is O/N=C\c1cnc2ccccn12. The Morgan fingerprint density at radius 3 is 3.25 bits per heavy atom. The molecule has 0 unspecified atom stereocenters. The Morgan fingerprint density at radius 2 is 2.42 bits per heavy atom. The molecule has 2 rings (SSSR count). The molecule has 2 aromatic rings. The summed E-state index contributed by atoms with van der Waals surface area (Å²) in [5.41, 5.74) is 1.60. The summed E-state index contributed by atoms with van der Waals surface area (Å²) >= 11 is 0. The van der Waals surface area contributed by atoms with Gasteiger partial charge in [0.25, 0.3) is 0 Å². The number of imidazole rings is 1. The summed E-state index contributed by atoms with van der Waals surface area (Å²) in [6.07, 6.45) is 4.86. The van der Waals surface area contributed by atoms with Crippen molar-refractivity contribution in [2.24, 2.45) is 5.16 Å². The number of nitrogens with zero attached hydrogens (tertiary/aromatic N) is 3. The van der Waals surface area contributed by atoms with E-state index in [2.05, 4.69) is 10.1 Å².